The lowest BCUT2D eigenvalue weighted by Crippen LogP contribution is -2.38. The molecule has 3 heterocycles. The van der Waals surface area contributed by atoms with E-state index in [0.29, 0.717) is 5.69 Å². The Kier molecular flexibility index (Phi) is 4.14. The molecule has 2 amide bonds. The van der Waals surface area contributed by atoms with Crippen LogP contribution in [0.4, 0.5) is 10.5 Å². The number of hydrogen-bond acceptors (Lipinski definition) is 3. The van der Waals surface area contributed by atoms with Gasteiger partial charge in [0.2, 0.25) is 0 Å². The second kappa shape index (κ2) is 6.39. The van der Waals surface area contributed by atoms with Gasteiger partial charge in [-0.25, -0.2) is 4.79 Å². The van der Waals surface area contributed by atoms with Gasteiger partial charge in [0.25, 0.3) is 0 Å². The van der Waals surface area contributed by atoms with Crippen LogP contribution in [0.1, 0.15) is 37.3 Å². The molecule has 1 aliphatic rings. The predicted octanol–water partition coefficient (Wildman–Crippen LogP) is 2.95. The SMILES string of the molecule is O=C(Nc1cn[nH]c1)N1CCCCCC1c1ccncc1. The number of hydrogen-bond donors (Lipinski definition) is 2. The van der Waals surface area contributed by atoms with E-state index < -0.39 is 0 Å². The number of H-pyrrole nitrogens is 1. The minimum atomic E-state index is -0.0693. The smallest absolute Gasteiger partial charge is 0.317 e. The van der Waals surface area contributed by atoms with Gasteiger partial charge in [-0.3, -0.25) is 10.1 Å². The van der Waals surface area contributed by atoms with Crippen LogP contribution in [0.2, 0.25) is 0 Å². The Balaban J connectivity index is 1.80. The van der Waals surface area contributed by atoms with Crippen molar-refractivity contribution >= 4 is 11.7 Å². The number of urea groups is 1. The summed E-state index contributed by atoms with van der Waals surface area (Å²) in [6, 6.07) is 4.03. The van der Waals surface area contributed by atoms with Crippen molar-refractivity contribution < 1.29 is 4.79 Å². The van der Waals surface area contributed by atoms with Crippen LogP contribution >= 0.6 is 0 Å². The van der Waals surface area contributed by atoms with Crippen molar-refractivity contribution in [3.63, 3.8) is 0 Å². The average molecular weight is 285 g/mol. The Morgan fingerprint density at radius 1 is 1.29 bits per heavy atom. The number of carbonyl (C=O) groups is 1. The van der Waals surface area contributed by atoms with Gasteiger partial charge < -0.3 is 10.2 Å². The molecule has 110 valence electrons. The van der Waals surface area contributed by atoms with Crippen LogP contribution in [0.3, 0.4) is 0 Å². The summed E-state index contributed by atoms with van der Waals surface area (Å²) in [7, 11) is 0. The number of likely N-dealkylation sites (tertiary alicyclic amines) is 1. The highest BCUT2D eigenvalue weighted by atomic mass is 16.2. The first-order valence-corrected chi connectivity index (χ1v) is 7.31. The zero-order valence-corrected chi connectivity index (χ0v) is 11.8. The molecular weight excluding hydrogens is 266 g/mol. The van der Waals surface area contributed by atoms with E-state index in [1.807, 2.05) is 17.0 Å². The van der Waals surface area contributed by atoms with Crippen molar-refractivity contribution in [2.24, 2.45) is 0 Å². The highest BCUT2D eigenvalue weighted by molar-refractivity contribution is 5.89. The summed E-state index contributed by atoms with van der Waals surface area (Å²) in [5.41, 5.74) is 1.84. The quantitative estimate of drug-likeness (QED) is 0.891. The maximum atomic E-state index is 12.6. The first-order chi connectivity index (χ1) is 10.3. The lowest BCUT2D eigenvalue weighted by atomic mass is 10.0. The van der Waals surface area contributed by atoms with Gasteiger partial charge in [0.1, 0.15) is 0 Å². The molecule has 0 bridgehead atoms. The lowest BCUT2D eigenvalue weighted by Gasteiger charge is -2.30. The molecule has 0 saturated carbocycles. The van der Waals surface area contributed by atoms with E-state index in [2.05, 4.69) is 20.5 Å². The molecule has 0 radical (unpaired) electrons. The summed E-state index contributed by atoms with van der Waals surface area (Å²) in [6.07, 6.45) is 11.2. The van der Waals surface area contributed by atoms with E-state index in [1.54, 1.807) is 24.8 Å². The van der Waals surface area contributed by atoms with E-state index in [0.717, 1.165) is 37.8 Å². The third kappa shape index (κ3) is 3.21. The fraction of sp³-hybridized carbons (Fsp3) is 0.400. The molecule has 1 atom stereocenters. The summed E-state index contributed by atoms with van der Waals surface area (Å²) in [5.74, 6) is 0. The topological polar surface area (TPSA) is 73.9 Å². The third-order valence-electron chi connectivity index (χ3n) is 3.85. The number of nitrogens with zero attached hydrogens (tertiary/aromatic N) is 3. The summed E-state index contributed by atoms with van der Waals surface area (Å²) in [5, 5.41) is 9.45. The Bertz CT molecular complexity index is 569. The summed E-state index contributed by atoms with van der Waals surface area (Å²) in [6.45, 7) is 0.774. The monoisotopic (exact) mass is 285 g/mol. The number of pyridine rings is 1. The van der Waals surface area contributed by atoms with Crippen molar-refractivity contribution in [3.05, 3.63) is 42.5 Å². The minimum absolute atomic E-state index is 0.0693. The van der Waals surface area contributed by atoms with Gasteiger partial charge in [-0.05, 0) is 30.5 Å². The molecule has 1 aliphatic heterocycles. The molecule has 2 aromatic heterocycles. The summed E-state index contributed by atoms with van der Waals surface area (Å²) in [4.78, 5) is 18.5. The van der Waals surface area contributed by atoms with E-state index in [1.165, 1.54) is 0 Å². The zero-order chi connectivity index (χ0) is 14.5. The van der Waals surface area contributed by atoms with Crippen LogP contribution in [-0.2, 0) is 0 Å². The molecule has 0 spiro atoms. The van der Waals surface area contributed by atoms with Crippen molar-refractivity contribution in [3.8, 4) is 0 Å². The standard InChI is InChI=1S/C15H19N5O/c21-15(19-13-10-17-18-11-13)20-9-3-1-2-4-14(20)12-5-7-16-8-6-12/h5-8,10-11,14H,1-4,9H2,(H,17,18)(H,19,21). The summed E-state index contributed by atoms with van der Waals surface area (Å²) >= 11 is 0. The molecule has 1 saturated heterocycles. The maximum Gasteiger partial charge on any atom is 0.322 e. The number of aromatic nitrogens is 3. The Labute approximate surface area is 123 Å². The molecule has 2 N–H and O–H groups in total. The van der Waals surface area contributed by atoms with E-state index in [-0.39, 0.29) is 12.1 Å². The van der Waals surface area contributed by atoms with Crippen LogP contribution in [0.5, 0.6) is 0 Å². The Hall–Kier alpha value is -2.37. The minimum Gasteiger partial charge on any atom is -0.317 e. The normalized spacial score (nSPS) is 19.0. The number of nitrogens with one attached hydrogen (secondary N) is 2. The first-order valence-electron chi connectivity index (χ1n) is 7.31. The largest absolute Gasteiger partial charge is 0.322 e. The van der Waals surface area contributed by atoms with Crippen LogP contribution < -0.4 is 5.32 Å². The van der Waals surface area contributed by atoms with E-state index >= 15 is 0 Å². The number of carbonyl (C=O) groups excluding carboxylic acids is 1. The molecule has 2 aromatic rings. The van der Waals surface area contributed by atoms with Crippen molar-refractivity contribution in [1.29, 1.82) is 0 Å². The number of aromatic amines is 1. The molecular formula is C15H19N5O. The van der Waals surface area contributed by atoms with Gasteiger partial charge in [-0.1, -0.05) is 12.8 Å². The predicted molar refractivity (Wildman–Crippen MR) is 79.8 cm³/mol. The van der Waals surface area contributed by atoms with Gasteiger partial charge >= 0.3 is 6.03 Å². The summed E-state index contributed by atoms with van der Waals surface area (Å²) < 4.78 is 0. The number of rotatable bonds is 2. The fourth-order valence-corrected chi connectivity index (χ4v) is 2.80. The van der Waals surface area contributed by atoms with Gasteiger partial charge in [0.15, 0.2) is 0 Å². The second-order valence-corrected chi connectivity index (χ2v) is 5.26. The molecule has 3 rings (SSSR count). The van der Waals surface area contributed by atoms with E-state index in [4.69, 9.17) is 0 Å². The highest BCUT2D eigenvalue weighted by Gasteiger charge is 2.26. The van der Waals surface area contributed by atoms with Crippen LogP contribution in [0.25, 0.3) is 0 Å². The number of anilines is 1. The Morgan fingerprint density at radius 2 is 2.14 bits per heavy atom. The van der Waals surface area contributed by atoms with Crippen molar-refractivity contribution in [1.82, 2.24) is 20.1 Å². The van der Waals surface area contributed by atoms with Gasteiger partial charge in [-0.15, -0.1) is 0 Å². The maximum absolute atomic E-state index is 12.6. The molecule has 0 aromatic carbocycles. The van der Waals surface area contributed by atoms with Crippen molar-refractivity contribution in [2.45, 2.75) is 31.7 Å². The van der Waals surface area contributed by atoms with Gasteiger partial charge in [-0.2, -0.15) is 5.10 Å². The van der Waals surface area contributed by atoms with E-state index in [9.17, 15) is 4.79 Å². The third-order valence-corrected chi connectivity index (χ3v) is 3.85. The molecule has 1 unspecified atom stereocenters. The van der Waals surface area contributed by atoms with Crippen LogP contribution in [-0.4, -0.2) is 32.7 Å². The molecule has 21 heavy (non-hydrogen) atoms. The molecule has 6 heteroatoms. The molecule has 6 nitrogen and oxygen atoms in total. The Morgan fingerprint density at radius 3 is 2.90 bits per heavy atom. The van der Waals surface area contributed by atoms with Crippen LogP contribution in [0.15, 0.2) is 36.9 Å². The molecule has 0 aliphatic carbocycles. The highest BCUT2D eigenvalue weighted by Crippen LogP contribution is 2.30. The first kappa shape index (κ1) is 13.6. The second-order valence-electron chi connectivity index (χ2n) is 5.26. The van der Waals surface area contributed by atoms with Gasteiger partial charge in [0.05, 0.1) is 17.9 Å². The van der Waals surface area contributed by atoms with Crippen LogP contribution in [0, 0.1) is 0 Å². The fourth-order valence-electron chi connectivity index (χ4n) is 2.80. The average Bonchev–Trinajstić information content (AvgIpc) is 2.89. The zero-order valence-electron chi connectivity index (χ0n) is 11.8. The number of amides is 2. The van der Waals surface area contributed by atoms with Crippen molar-refractivity contribution in [2.75, 3.05) is 11.9 Å². The lowest BCUT2D eigenvalue weighted by molar-refractivity contribution is 0.189. The van der Waals surface area contributed by atoms with Gasteiger partial charge in [0, 0.05) is 25.1 Å². The molecule has 1 fully saturated rings.